The first-order chi connectivity index (χ1) is 5.93. The van der Waals surface area contributed by atoms with E-state index in [9.17, 15) is 0 Å². The van der Waals surface area contributed by atoms with Crippen molar-refractivity contribution in [3.63, 3.8) is 0 Å². The fourth-order valence-corrected chi connectivity index (χ4v) is 3.98. The Labute approximate surface area is 75.7 Å². The van der Waals surface area contributed by atoms with Gasteiger partial charge >= 0.3 is 0 Å². The molecule has 0 bridgehead atoms. The minimum atomic E-state index is 1.05. The van der Waals surface area contributed by atoms with Gasteiger partial charge in [-0.15, -0.1) is 0 Å². The zero-order valence-electron chi connectivity index (χ0n) is 7.84. The number of hydrogen-bond donors (Lipinski definition) is 0. The molecule has 0 nitrogen and oxygen atoms in total. The molecule has 4 atom stereocenters. The fourth-order valence-electron chi connectivity index (χ4n) is 3.98. The third-order valence-electron chi connectivity index (χ3n) is 4.61. The molecule has 0 heterocycles. The van der Waals surface area contributed by atoms with Gasteiger partial charge in [0.05, 0.1) is 0 Å². The lowest BCUT2D eigenvalue weighted by Crippen LogP contribution is -2.25. The van der Waals surface area contributed by atoms with Crippen LogP contribution in [-0.4, -0.2) is 0 Å². The largest absolute Gasteiger partial charge is 0.0528 e. The van der Waals surface area contributed by atoms with Crippen molar-refractivity contribution in [1.29, 1.82) is 0 Å². The van der Waals surface area contributed by atoms with Crippen LogP contribution in [0.4, 0.5) is 0 Å². The van der Waals surface area contributed by atoms with Crippen molar-refractivity contribution in [3.05, 3.63) is 6.42 Å². The molecule has 0 spiro atoms. The molecule has 1 radical (unpaired) electrons. The van der Waals surface area contributed by atoms with Gasteiger partial charge in [0.1, 0.15) is 0 Å². The van der Waals surface area contributed by atoms with Crippen molar-refractivity contribution >= 4 is 0 Å². The Morgan fingerprint density at radius 1 is 0.833 bits per heavy atom. The van der Waals surface area contributed by atoms with Gasteiger partial charge in [-0.1, -0.05) is 19.3 Å². The second-order valence-corrected chi connectivity index (χ2v) is 5.16. The predicted molar refractivity (Wildman–Crippen MR) is 50.6 cm³/mol. The van der Waals surface area contributed by atoms with E-state index in [2.05, 4.69) is 6.42 Å². The Hall–Kier alpha value is 0. The zero-order chi connectivity index (χ0) is 7.97. The smallest absolute Gasteiger partial charge is 0.0352 e. The van der Waals surface area contributed by atoms with E-state index >= 15 is 0 Å². The predicted octanol–water partition coefficient (Wildman–Crippen LogP) is 3.43. The van der Waals surface area contributed by atoms with E-state index in [4.69, 9.17) is 0 Å². The molecule has 3 aliphatic carbocycles. The van der Waals surface area contributed by atoms with Crippen molar-refractivity contribution in [2.24, 2.45) is 23.7 Å². The van der Waals surface area contributed by atoms with Gasteiger partial charge in [0.15, 0.2) is 0 Å². The molecular weight excluding hydrogens is 144 g/mol. The highest BCUT2D eigenvalue weighted by Crippen LogP contribution is 2.51. The Kier molecular flexibility index (Phi) is 1.70. The second kappa shape index (κ2) is 2.75. The summed E-state index contributed by atoms with van der Waals surface area (Å²) in [6.07, 6.45) is 13.4. The van der Waals surface area contributed by atoms with E-state index in [-0.39, 0.29) is 0 Å². The van der Waals surface area contributed by atoms with E-state index in [0.29, 0.717) is 0 Å². The van der Waals surface area contributed by atoms with Crippen LogP contribution >= 0.6 is 0 Å². The highest BCUT2D eigenvalue weighted by Gasteiger charge is 2.40. The first-order valence-corrected chi connectivity index (χ1v) is 5.77. The van der Waals surface area contributed by atoms with Crippen molar-refractivity contribution in [1.82, 2.24) is 0 Å². The third-order valence-corrected chi connectivity index (χ3v) is 4.61. The molecule has 0 aromatic heterocycles. The van der Waals surface area contributed by atoms with Crippen LogP contribution in [0.3, 0.4) is 0 Å². The van der Waals surface area contributed by atoms with Gasteiger partial charge in [-0.05, 0) is 55.8 Å². The molecule has 0 N–H and O–H groups in total. The van der Waals surface area contributed by atoms with E-state index in [1.807, 2.05) is 0 Å². The van der Waals surface area contributed by atoms with Gasteiger partial charge in [-0.3, -0.25) is 0 Å². The van der Waals surface area contributed by atoms with Crippen molar-refractivity contribution < 1.29 is 0 Å². The lowest BCUT2D eigenvalue weighted by Gasteiger charge is -2.34. The summed E-state index contributed by atoms with van der Waals surface area (Å²) in [5.74, 6) is 4.45. The van der Waals surface area contributed by atoms with Crippen LogP contribution in [0.15, 0.2) is 0 Å². The Balaban J connectivity index is 1.75. The van der Waals surface area contributed by atoms with Crippen LogP contribution in [0.25, 0.3) is 0 Å². The molecule has 3 fully saturated rings. The zero-order valence-corrected chi connectivity index (χ0v) is 7.84. The maximum absolute atomic E-state index is 2.62. The molecule has 3 rings (SSSR count). The first kappa shape index (κ1) is 7.41. The summed E-state index contributed by atoms with van der Waals surface area (Å²) in [5, 5.41) is 0. The summed E-state index contributed by atoms with van der Waals surface area (Å²) in [6, 6.07) is 0. The molecule has 67 valence electrons. The van der Waals surface area contributed by atoms with Crippen LogP contribution in [0, 0.1) is 30.1 Å². The van der Waals surface area contributed by atoms with Gasteiger partial charge < -0.3 is 0 Å². The Morgan fingerprint density at radius 2 is 1.67 bits per heavy atom. The molecule has 0 heteroatoms. The summed E-state index contributed by atoms with van der Waals surface area (Å²) in [7, 11) is 0. The van der Waals surface area contributed by atoms with E-state index in [1.54, 1.807) is 25.7 Å². The van der Waals surface area contributed by atoms with Crippen molar-refractivity contribution in [2.75, 3.05) is 0 Å². The normalized spacial score (nSPS) is 52.0. The first-order valence-electron chi connectivity index (χ1n) is 5.77. The van der Waals surface area contributed by atoms with Gasteiger partial charge in [-0.25, -0.2) is 0 Å². The van der Waals surface area contributed by atoms with Crippen LogP contribution in [0.1, 0.15) is 44.9 Å². The molecule has 0 aromatic rings. The maximum atomic E-state index is 2.62. The number of rotatable bonds is 0. The van der Waals surface area contributed by atoms with E-state index in [1.165, 1.54) is 19.3 Å². The summed E-state index contributed by atoms with van der Waals surface area (Å²) in [5.41, 5.74) is 0. The third kappa shape index (κ3) is 1.03. The molecule has 4 unspecified atom stereocenters. The average Bonchev–Trinajstić information content (AvgIpc) is 2.64. The quantitative estimate of drug-likeness (QED) is 0.513. The van der Waals surface area contributed by atoms with E-state index < -0.39 is 0 Å². The molecule has 3 aliphatic rings. The summed E-state index contributed by atoms with van der Waals surface area (Å²) in [4.78, 5) is 0. The van der Waals surface area contributed by atoms with Crippen molar-refractivity contribution in [2.45, 2.75) is 44.9 Å². The standard InChI is InChI=1S/C12H19/c1-3-9-7-11-5-2-6-12(11)8-10(9)4-1/h3,9-12H,1-2,4-8H2. The van der Waals surface area contributed by atoms with E-state index in [0.717, 1.165) is 23.7 Å². The Morgan fingerprint density at radius 3 is 2.58 bits per heavy atom. The van der Waals surface area contributed by atoms with Gasteiger partial charge in [0.2, 0.25) is 0 Å². The van der Waals surface area contributed by atoms with Crippen LogP contribution in [-0.2, 0) is 0 Å². The second-order valence-electron chi connectivity index (χ2n) is 5.16. The van der Waals surface area contributed by atoms with Gasteiger partial charge in [-0.2, -0.15) is 0 Å². The fraction of sp³-hybridized carbons (Fsp3) is 0.917. The summed E-state index contributed by atoms with van der Waals surface area (Å²) < 4.78 is 0. The molecule has 0 saturated heterocycles. The molecule has 0 aromatic carbocycles. The van der Waals surface area contributed by atoms with Gasteiger partial charge in [0, 0.05) is 0 Å². The molecule has 3 saturated carbocycles. The Bertz CT molecular complexity index is 137. The SMILES string of the molecule is [CH]1CCC2CC3CCCC3CC12. The summed E-state index contributed by atoms with van der Waals surface area (Å²) in [6.45, 7) is 0. The monoisotopic (exact) mass is 163 g/mol. The summed E-state index contributed by atoms with van der Waals surface area (Å²) >= 11 is 0. The molecule has 0 aliphatic heterocycles. The highest BCUT2D eigenvalue weighted by atomic mass is 14.5. The minimum Gasteiger partial charge on any atom is -0.0528 e. The minimum absolute atomic E-state index is 1.05. The highest BCUT2D eigenvalue weighted by molar-refractivity contribution is 4.98. The maximum Gasteiger partial charge on any atom is -0.0352 e. The topological polar surface area (TPSA) is 0 Å². The van der Waals surface area contributed by atoms with Crippen LogP contribution in [0.5, 0.6) is 0 Å². The number of hydrogen-bond acceptors (Lipinski definition) is 0. The molecule has 0 amide bonds. The van der Waals surface area contributed by atoms with Crippen LogP contribution < -0.4 is 0 Å². The van der Waals surface area contributed by atoms with Gasteiger partial charge in [0.25, 0.3) is 0 Å². The lowest BCUT2D eigenvalue weighted by atomic mass is 9.71. The number of fused-ring (bicyclic) bond motifs is 2. The lowest BCUT2D eigenvalue weighted by molar-refractivity contribution is 0.171. The molecule has 12 heavy (non-hydrogen) atoms. The molecular formula is C12H19. The van der Waals surface area contributed by atoms with Crippen molar-refractivity contribution in [3.8, 4) is 0 Å². The average molecular weight is 163 g/mol. The van der Waals surface area contributed by atoms with Crippen LogP contribution in [0.2, 0.25) is 0 Å².